The van der Waals surface area contributed by atoms with Gasteiger partial charge in [-0.05, 0) is 18.2 Å². The molecule has 102 valence electrons. The van der Waals surface area contributed by atoms with Gasteiger partial charge in [0.05, 0.1) is 7.11 Å². The number of esters is 1. The van der Waals surface area contributed by atoms with Crippen LogP contribution in [0.15, 0.2) is 40.5 Å². The Morgan fingerprint density at radius 2 is 2.00 bits per heavy atom. The Bertz CT molecular complexity index is 663. The molecule has 1 N–H and O–H groups in total. The zero-order valence-electron chi connectivity index (χ0n) is 10.3. The van der Waals surface area contributed by atoms with Gasteiger partial charge in [-0.2, -0.15) is 0 Å². The Morgan fingerprint density at radius 1 is 1.25 bits per heavy atom. The first kappa shape index (κ1) is 13.9. The van der Waals surface area contributed by atoms with Crippen molar-refractivity contribution in [3.63, 3.8) is 0 Å². The maximum absolute atomic E-state index is 11.3. The molecule has 0 aliphatic carbocycles. The Balaban J connectivity index is 2.24. The molecule has 2 heterocycles. The van der Waals surface area contributed by atoms with Crippen LogP contribution in [0.1, 0.15) is 21.1 Å². The number of aromatic carboxylic acids is 1. The number of hydrogen-bond acceptors (Lipinski definition) is 7. The predicted octanol–water partition coefficient (Wildman–Crippen LogP) is 1.51. The molecule has 2 aromatic heterocycles. The molecule has 0 spiro atoms. The molecule has 0 aliphatic rings. The lowest BCUT2D eigenvalue weighted by Gasteiger charge is -2.03. The number of nitrogens with zero attached hydrogens (tertiary/aromatic N) is 3. The van der Waals surface area contributed by atoms with E-state index in [0.29, 0.717) is 9.92 Å². The van der Waals surface area contributed by atoms with Crippen LogP contribution in [-0.4, -0.2) is 39.1 Å². The van der Waals surface area contributed by atoms with E-state index in [9.17, 15) is 9.59 Å². The molecule has 20 heavy (non-hydrogen) atoms. The molecule has 8 heteroatoms. The summed E-state index contributed by atoms with van der Waals surface area (Å²) in [7, 11) is 1.24. The van der Waals surface area contributed by atoms with Gasteiger partial charge in [0.1, 0.15) is 10.7 Å². The highest BCUT2D eigenvalue weighted by molar-refractivity contribution is 7.99. The second kappa shape index (κ2) is 6.11. The Kier molecular flexibility index (Phi) is 4.26. The van der Waals surface area contributed by atoms with Crippen LogP contribution >= 0.6 is 11.8 Å². The number of ether oxygens (including phenoxy) is 1. The summed E-state index contributed by atoms with van der Waals surface area (Å²) in [4.78, 5) is 34.3. The van der Waals surface area contributed by atoms with E-state index < -0.39 is 11.9 Å². The first-order chi connectivity index (χ1) is 9.60. The van der Waals surface area contributed by atoms with Crippen LogP contribution in [0.2, 0.25) is 0 Å². The number of rotatable bonds is 4. The van der Waals surface area contributed by atoms with Crippen molar-refractivity contribution >= 4 is 23.7 Å². The lowest BCUT2D eigenvalue weighted by atomic mass is 10.3. The summed E-state index contributed by atoms with van der Waals surface area (Å²) in [6.07, 6.45) is 2.83. The molecule has 0 amide bonds. The lowest BCUT2D eigenvalue weighted by Crippen LogP contribution is -2.07. The van der Waals surface area contributed by atoms with Gasteiger partial charge in [0, 0.05) is 17.3 Å². The molecule has 7 nitrogen and oxygen atoms in total. The molecule has 0 atom stereocenters. The molecule has 0 saturated heterocycles. The summed E-state index contributed by atoms with van der Waals surface area (Å²) < 4.78 is 4.53. The van der Waals surface area contributed by atoms with E-state index >= 15 is 0 Å². The summed E-state index contributed by atoms with van der Waals surface area (Å²) in [6, 6.07) is 4.68. The van der Waals surface area contributed by atoms with Crippen LogP contribution in [0.5, 0.6) is 0 Å². The van der Waals surface area contributed by atoms with E-state index in [1.807, 2.05) is 0 Å². The molecule has 0 aromatic carbocycles. The third kappa shape index (κ3) is 3.29. The van der Waals surface area contributed by atoms with Crippen molar-refractivity contribution in [2.24, 2.45) is 0 Å². The molecule has 0 saturated carbocycles. The van der Waals surface area contributed by atoms with Crippen LogP contribution in [0, 0.1) is 0 Å². The molecule has 0 fully saturated rings. The number of carbonyl (C=O) groups excluding carboxylic acids is 1. The van der Waals surface area contributed by atoms with E-state index in [2.05, 4.69) is 19.7 Å². The van der Waals surface area contributed by atoms with Gasteiger partial charge in [-0.15, -0.1) is 0 Å². The zero-order valence-corrected chi connectivity index (χ0v) is 11.1. The predicted molar refractivity (Wildman–Crippen MR) is 68.7 cm³/mol. The Hall–Kier alpha value is -2.48. The highest BCUT2D eigenvalue weighted by atomic mass is 32.2. The number of carbonyl (C=O) groups is 2. The van der Waals surface area contributed by atoms with Gasteiger partial charge < -0.3 is 9.84 Å². The maximum Gasteiger partial charge on any atom is 0.376 e. The van der Waals surface area contributed by atoms with Gasteiger partial charge in [0.25, 0.3) is 0 Å². The first-order valence-electron chi connectivity index (χ1n) is 5.38. The van der Waals surface area contributed by atoms with Gasteiger partial charge in [0.2, 0.25) is 5.82 Å². The van der Waals surface area contributed by atoms with Gasteiger partial charge in [-0.1, -0.05) is 11.8 Å². The van der Waals surface area contributed by atoms with Crippen molar-refractivity contribution in [1.82, 2.24) is 15.0 Å². The topological polar surface area (TPSA) is 102 Å². The van der Waals surface area contributed by atoms with Crippen molar-refractivity contribution in [2.75, 3.05) is 7.11 Å². The van der Waals surface area contributed by atoms with Gasteiger partial charge >= 0.3 is 11.9 Å². The quantitative estimate of drug-likeness (QED) is 0.668. The largest absolute Gasteiger partial charge is 0.477 e. The summed E-state index contributed by atoms with van der Waals surface area (Å²) in [5.41, 5.74) is -0.0581. The van der Waals surface area contributed by atoms with E-state index in [4.69, 9.17) is 5.11 Å². The number of methoxy groups -OCH3 is 1. The standard InChI is InChI=1S/C12H9N3O4S/c1-19-12(18)10-14-5-3-9(15-10)20-7-2-4-13-8(6-7)11(16)17/h2-6H,1H3,(H,16,17). The smallest absolute Gasteiger partial charge is 0.376 e. The van der Waals surface area contributed by atoms with Gasteiger partial charge in [-0.25, -0.2) is 24.5 Å². The van der Waals surface area contributed by atoms with Crippen LogP contribution in [-0.2, 0) is 4.74 Å². The second-order valence-electron chi connectivity index (χ2n) is 3.49. The highest BCUT2D eigenvalue weighted by Gasteiger charge is 2.11. The summed E-state index contributed by atoms with van der Waals surface area (Å²) in [5, 5.41) is 9.37. The minimum Gasteiger partial charge on any atom is -0.477 e. The zero-order chi connectivity index (χ0) is 14.5. The maximum atomic E-state index is 11.3. The van der Waals surface area contributed by atoms with E-state index in [-0.39, 0.29) is 11.5 Å². The molecule has 2 rings (SSSR count). The molecule has 2 aromatic rings. The Morgan fingerprint density at radius 3 is 2.70 bits per heavy atom. The fourth-order valence-corrected chi connectivity index (χ4v) is 2.10. The van der Waals surface area contributed by atoms with E-state index in [0.717, 1.165) is 0 Å². The molecule has 0 bridgehead atoms. The molecule has 0 aliphatic heterocycles. The lowest BCUT2D eigenvalue weighted by molar-refractivity contribution is 0.0585. The monoisotopic (exact) mass is 291 g/mol. The molecule has 0 radical (unpaired) electrons. The van der Waals surface area contributed by atoms with Crippen molar-refractivity contribution in [3.8, 4) is 0 Å². The number of carboxylic acids is 1. The molecular formula is C12H9N3O4S. The third-order valence-corrected chi connectivity index (χ3v) is 3.10. The number of pyridine rings is 1. The van der Waals surface area contributed by atoms with Gasteiger partial charge in [0.15, 0.2) is 0 Å². The first-order valence-corrected chi connectivity index (χ1v) is 6.20. The van der Waals surface area contributed by atoms with E-state index in [1.165, 1.54) is 37.3 Å². The van der Waals surface area contributed by atoms with Crippen LogP contribution in [0.4, 0.5) is 0 Å². The van der Waals surface area contributed by atoms with Crippen LogP contribution < -0.4 is 0 Å². The van der Waals surface area contributed by atoms with E-state index in [1.54, 1.807) is 12.1 Å². The molecular weight excluding hydrogens is 282 g/mol. The highest BCUT2D eigenvalue weighted by Crippen LogP contribution is 2.25. The normalized spacial score (nSPS) is 10.1. The van der Waals surface area contributed by atoms with Crippen LogP contribution in [0.3, 0.4) is 0 Å². The van der Waals surface area contributed by atoms with Crippen molar-refractivity contribution in [1.29, 1.82) is 0 Å². The third-order valence-electron chi connectivity index (χ3n) is 2.17. The summed E-state index contributed by atoms with van der Waals surface area (Å²) >= 11 is 1.20. The number of aromatic nitrogens is 3. The Labute approximate surface area is 118 Å². The fraction of sp³-hybridized carbons (Fsp3) is 0.0833. The molecule has 0 unspecified atom stereocenters. The average molecular weight is 291 g/mol. The van der Waals surface area contributed by atoms with Crippen LogP contribution in [0.25, 0.3) is 0 Å². The van der Waals surface area contributed by atoms with Gasteiger partial charge in [-0.3, -0.25) is 0 Å². The number of hydrogen-bond donors (Lipinski definition) is 1. The minimum absolute atomic E-state index is 0.0509. The number of carboxylic acid groups (broad SMARTS) is 1. The SMILES string of the molecule is COC(=O)c1nccc(Sc2ccnc(C(=O)O)c2)n1. The summed E-state index contributed by atoms with van der Waals surface area (Å²) in [6.45, 7) is 0. The summed E-state index contributed by atoms with van der Waals surface area (Å²) in [5.74, 6) is -1.79. The average Bonchev–Trinajstić information content (AvgIpc) is 2.47. The minimum atomic E-state index is -1.11. The fourth-order valence-electron chi connectivity index (χ4n) is 1.30. The second-order valence-corrected chi connectivity index (χ2v) is 4.59. The van der Waals surface area contributed by atoms with Crippen molar-refractivity contribution in [3.05, 3.63) is 42.1 Å². The van der Waals surface area contributed by atoms with Crippen molar-refractivity contribution in [2.45, 2.75) is 9.92 Å². The van der Waals surface area contributed by atoms with Crippen molar-refractivity contribution < 1.29 is 19.4 Å².